The molecule has 1 aromatic heterocycles. The lowest BCUT2D eigenvalue weighted by Crippen LogP contribution is -2.48. The molecule has 1 saturated heterocycles. The summed E-state index contributed by atoms with van der Waals surface area (Å²) in [7, 11) is -3.17. The van der Waals surface area contributed by atoms with E-state index in [1.807, 2.05) is 4.57 Å². The number of nitrogens with zero attached hydrogens (tertiary/aromatic N) is 5. The number of anilines is 1. The lowest BCUT2D eigenvalue weighted by Gasteiger charge is -2.33. The fourth-order valence-corrected chi connectivity index (χ4v) is 6.61. The van der Waals surface area contributed by atoms with Gasteiger partial charge in [-0.2, -0.15) is 4.31 Å². The quantitative estimate of drug-likeness (QED) is 0.471. The van der Waals surface area contributed by atoms with E-state index in [1.54, 1.807) is 17.0 Å². The number of piperazine rings is 1. The maximum Gasteiger partial charge on any atom is 0.238 e. The number of halogens is 2. The number of imidazole rings is 1. The van der Waals surface area contributed by atoms with Gasteiger partial charge in [0.05, 0.1) is 34.9 Å². The molecule has 3 aromatic rings. The average molecular weight is 530 g/mol. The highest BCUT2D eigenvalue weighted by molar-refractivity contribution is 7.88. The number of hydrogen-bond acceptors (Lipinski definition) is 5. The van der Waals surface area contributed by atoms with Crippen molar-refractivity contribution >= 4 is 32.7 Å². The number of rotatable bonds is 7. The highest BCUT2D eigenvalue weighted by atomic mass is 32.2. The van der Waals surface area contributed by atoms with Gasteiger partial charge in [0.15, 0.2) is 0 Å². The molecule has 6 rings (SSSR count). The van der Waals surface area contributed by atoms with Crippen LogP contribution in [0.2, 0.25) is 0 Å². The predicted octanol–water partition coefficient (Wildman–Crippen LogP) is 2.86. The van der Waals surface area contributed by atoms with Crippen molar-refractivity contribution in [3.63, 3.8) is 0 Å². The molecule has 1 spiro atoms. The Kier molecular flexibility index (Phi) is 5.85. The molecular formula is C26H29F2N5O3S. The Bertz CT molecular complexity index is 1490. The highest BCUT2D eigenvalue weighted by Gasteiger charge is 2.59. The Morgan fingerprint density at radius 2 is 1.68 bits per heavy atom. The molecule has 2 aliphatic heterocycles. The number of aromatic nitrogens is 2. The smallest absolute Gasteiger partial charge is 0.238 e. The third-order valence-corrected chi connectivity index (χ3v) is 9.22. The molecule has 196 valence electrons. The van der Waals surface area contributed by atoms with Crippen LogP contribution in [-0.4, -0.2) is 72.1 Å². The molecule has 8 nitrogen and oxygen atoms in total. The van der Waals surface area contributed by atoms with E-state index in [2.05, 4.69) is 9.88 Å². The number of hydrogen-bond donors (Lipinski definition) is 0. The third-order valence-electron chi connectivity index (χ3n) is 7.92. The van der Waals surface area contributed by atoms with Gasteiger partial charge in [-0.25, -0.2) is 22.2 Å². The van der Waals surface area contributed by atoms with Crippen molar-refractivity contribution in [1.82, 2.24) is 18.8 Å². The molecule has 0 bridgehead atoms. The number of fused-ring (bicyclic) bond motifs is 3. The molecule has 0 N–H and O–H groups in total. The summed E-state index contributed by atoms with van der Waals surface area (Å²) in [4.78, 5) is 22.0. The Hall–Kier alpha value is -2.89. The topological polar surface area (TPSA) is 78.8 Å². The number of sulfonamides is 1. The van der Waals surface area contributed by atoms with Crippen LogP contribution in [0.3, 0.4) is 0 Å². The molecule has 1 aliphatic carbocycles. The predicted molar refractivity (Wildman–Crippen MR) is 136 cm³/mol. The standard InChI is InChI=1S/C26H29F2N5O3S/c1-37(35,36)31-13-11-30(12-14-31)9-2-10-32-22-6-4-18(27)15-21(22)29-24(32)17-33-23-16-19(28)3-5-20(23)26(7-8-26)25(33)34/h3-6,15-16H,2,7-14,17H2,1H3. The minimum atomic E-state index is -3.17. The Morgan fingerprint density at radius 3 is 2.38 bits per heavy atom. The number of benzene rings is 2. The molecule has 2 aromatic carbocycles. The van der Waals surface area contributed by atoms with Gasteiger partial charge in [0.2, 0.25) is 15.9 Å². The molecule has 0 atom stereocenters. The van der Waals surface area contributed by atoms with E-state index in [0.29, 0.717) is 49.8 Å². The first kappa shape index (κ1) is 24.4. The normalized spacial score (nSPS) is 19.8. The second kappa shape index (κ2) is 8.85. The van der Waals surface area contributed by atoms with Crippen molar-refractivity contribution in [2.75, 3.05) is 43.9 Å². The monoisotopic (exact) mass is 529 g/mol. The Labute approximate surface area is 214 Å². The van der Waals surface area contributed by atoms with Crippen LogP contribution in [-0.2, 0) is 33.3 Å². The second-order valence-corrected chi connectivity index (χ2v) is 12.3. The zero-order chi connectivity index (χ0) is 25.9. The minimum absolute atomic E-state index is 0.0263. The molecule has 11 heteroatoms. The molecular weight excluding hydrogens is 500 g/mol. The zero-order valence-corrected chi connectivity index (χ0v) is 21.5. The first-order valence-corrected chi connectivity index (χ1v) is 14.4. The zero-order valence-electron chi connectivity index (χ0n) is 20.7. The van der Waals surface area contributed by atoms with E-state index in [-0.39, 0.29) is 24.1 Å². The molecule has 0 unspecified atom stereocenters. The average Bonchev–Trinajstić information content (AvgIpc) is 3.55. The molecule has 3 aliphatic rings. The van der Waals surface area contributed by atoms with Crippen molar-refractivity contribution in [1.29, 1.82) is 0 Å². The maximum atomic E-state index is 14.2. The van der Waals surface area contributed by atoms with Gasteiger partial charge in [0, 0.05) is 38.8 Å². The van der Waals surface area contributed by atoms with E-state index in [9.17, 15) is 22.0 Å². The SMILES string of the molecule is CS(=O)(=O)N1CCN(CCCn2c(CN3C(=O)C4(CC4)c4ccc(F)cc43)nc3cc(F)ccc32)CC1. The molecule has 1 saturated carbocycles. The third kappa shape index (κ3) is 4.32. The molecule has 3 heterocycles. The lowest BCUT2D eigenvalue weighted by molar-refractivity contribution is -0.120. The van der Waals surface area contributed by atoms with Gasteiger partial charge in [0.1, 0.15) is 17.5 Å². The fourth-order valence-electron chi connectivity index (χ4n) is 5.78. The van der Waals surface area contributed by atoms with Gasteiger partial charge in [-0.3, -0.25) is 4.79 Å². The summed E-state index contributed by atoms with van der Waals surface area (Å²) in [5, 5.41) is 0. The first-order valence-electron chi connectivity index (χ1n) is 12.6. The number of carbonyl (C=O) groups excluding carboxylic acids is 1. The summed E-state index contributed by atoms with van der Waals surface area (Å²) in [6.07, 6.45) is 3.53. The summed E-state index contributed by atoms with van der Waals surface area (Å²) >= 11 is 0. The first-order chi connectivity index (χ1) is 17.7. The van der Waals surface area contributed by atoms with Gasteiger partial charge in [-0.1, -0.05) is 6.07 Å². The molecule has 37 heavy (non-hydrogen) atoms. The van der Waals surface area contributed by atoms with Crippen LogP contribution in [0.5, 0.6) is 0 Å². The maximum absolute atomic E-state index is 14.2. The van der Waals surface area contributed by atoms with Gasteiger partial charge < -0.3 is 14.4 Å². The van der Waals surface area contributed by atoms with Crippen LogP contribution in [0.4, 0.5) is 14.5 Å². The highest BCUT2D eigenvalue weighted by Crippen LogP contribution is 2.57. The van der Waals surface area contributed by atoms with E-state index in [0.717, 1.165) is 36.9 Å². The lowest BCUT2D eigenvalue weighted by atomic mass is 9.98. The number of aryl methyl sites for hydroxylation is 1. The van der Waals surface area contributed by atoms with Crippen molar-refractivity contribution < 1.29 is 22.0 Å². The minimum Gasteiger partial charge on any atom is -0.326 e. The molecule has 0 radical (unpaired) electrons. The fraction of sp³-hybridized carbons (Fsp3) is 0.462. The van der Waals surface area contributed by atoms with Crippen LogP contribution in [0, 0.1) is 11.6 Å². The largest absolute Gasteiger partial charge is 0.326 e. The Balaban J connectivity index is 1.23. The summed E-state index contributed by atoms with van der Waals surface area (Å²) in [5.41, 5.74) is 2.23. The Morgan fingerprint density at radius 1 is 0.973 bits per heavy atom. The van der Waals surface area contributed by atoms with E-state index < -0.39 is 15.4 Å². The van der Waals surface area contributed by atoms with Gasteiger partial charge in [-0.15, -0.1) is 0 Å². The van der Waals surface area contributed by atoms with Crippen molar-refractivity contribution in [2.45, 2.75) is 37.8 Å². The van der Waals surface area contributed by atoms with Crippen LogP contribution in [0.1, 0.15) is 30.7 Å². The van der Waals surface area contributed by atoms with E-state index >= 15 is 0 Å². The van der Waals surface area contributed by atoms with Crippen LogP contribution < -0.4 is 4.90 Å². The van der Waals surface area contributed by atoms with Crippen LogP contribution in [0.15, 0.2) is 36.4 Å². The van der Waals surface area contributed by atoms with Gasteiger partial charge >= 0.3 is 0 Å². The number of carbonyl (C=O) groups is 1. The second-order valence-electron chi connectivity index (χ2n) is 10.3. The van der Waals surface area contributed by atoms with Crippen molar-refractivity contribution in [3.05, 3.63) is 59.4 Å². The summed E-state index contributed by atoms with van der Waals surface area (Å²) in [5.74, 6) is -0.166. The molecule has 1 amide bonds. The van der Waals surface area contributed by atoms with Crippen molar-refractivity contribution in [3.8, 4) is 0 Å². The summed E-state index contributed by atoms with van der Waals surface area (Å²) in [6.45, 7) is 3.86. The van der Waals surface area contributed by atoms with E-state index in [1.165, 1.54) is 34.8 Å². The van der Waals surface area contributed by atoms with E-state index in [4.69, 9.17) is 0 Å². The van der Waals surface area contributed by atoms with Gasteiger partial charge in [-0.05, 0) is 55.6 Å². The number of amides is 1. The van der Waals surface area contributed by atoms with Crippen LogP contribution >= 0.6 is 0 Å². The van der Waals surface area contributed by atoms with Crippen molar-refractivity contribution in [2.24, 2.45) is 0 Å². The molecule has 2 fully saturated rings. The van der Waals surface area contributed by atoms with Crippen LogP contribution in [0.25, 0.3) is 11.0 Å². The summed E-state index contributed by atoms with van der Waals surface area (Å²) < 4.78 is 55.2. The summed E-state index contributed by atoms with van der Waals surface area (Å²) in [6, 6.07) is 9.04. The van der Waals surface area contributed by atoms with Gasteiger partial charge in [0.25, 0.3) is 0 Å².